The van der Waals surface area contributed by atoms with Crippen molar-refractivity contribution < 1.29 is 23.8 Å². The van der Waals surface area contributed by atoms with Crippen molar-refractivity contribution in [2.45, 2.75) is 45.3 Å². The van der Waals surface area contributed by atoms with Gasteiger partial charge < -0.3 is 43.8 Å². The van der Waals surface area contributed by atoms with E-state index in [9.17, 15) is 9.59 Å². The molecule has 2 saturated heterocycles. The molecular weight excluding hydrogens is 963 g/mol. The number of nitrogens with one attached hydrogen (secondary N) is 2. The van der Waals surface area contributed by atoms with E-state index in [0.29, 0.717) is 24.5 Å². The molecule has 4 aromatic heterocycles. The highest BCUT2D eigenvalue weighted by Gasteiger charge is 2.41. The van der Waals surface area contributed by atoms with Gasteiger partial charge in [-0.2, -0.15) is 0 Å². The average molecular weight is 1030 g/mol. The van der Waals surface area contributed by atoms with Crippen molar-refractivity contribution in [1.82, 2.24) is 29.7 Å². The highest BCUT2D eigenvalue weighted by atomic mass is 16.5. The van der Waals surface area contributed by atoms with E-state index in [-0.39, 0.29) is 29.9 Å². The minimum atomic E-state index is -0.114. The molecule has 77 heavy (non-hydrogen) atoms. The van der Waals surface area contributed by atoms with Gasteiger partial charge in [-0.1, -0.05) is 61.7 Å². The topological polar surface area (TPSA) is 135 Å². The van der Waals surface area contributed by atoms with Crippen molar-refractivity contribution in [3.8, 4) is 62.0 Å². The summed E-state index contributed by atoms with van der Waals surface area (Å²) in [5.74, 6) is 2.27. The zero-order chi connectivity index (χ0) is 52.9. The normalized spacial score (nSPS) is 17.6. The summed E-state index contributed by atoms with van der Waals surface area (Å²) in [6, 6.07) is 33.7. The number of ether oxygens (including phenoxy) is 3. The lowest BCUT2D eigenvalue weighted by Gasteiger charge is -2.34. The molecule has 0 aliphatic carbocycles. The number of likely N-dealkylation sites (tertiary alicyclic amines) is 1. The van der Waals surface area contributed by atoms with Crippen molar-refractivity contribution >= 4 is 50.9 Å². The first-order chi connectivity index (χ1) is 37.6. The fourth-order valence-electron chi connectivity index (χ4n) is 12.3. The summed E-state index contributed by atoms with van der Waals surface area (Å²) in [5.41, 5.74) is 14.5. The van der Waals surface area contributed by atoms with Gasteiger partial charge >= 0.3 is 0 Å². The van der Waals surface area contributed by atoms with Crippen LogP contribution < -0.4 is 28.9 Å². The summed E-state index contributed by atoms with van der Waals surface area (Å²) in [7, 11) is 3.85. The second-order valence-electron chi connectivity index (χ2n) is 21.1. The number of H-pyrrole nitrogens is 2. The van der Waals surface area contributed by atoms with Gasteiger partial charge in [-0.15, -0.1) is 0 Å². The fourth-order valence-corrected chi connectivity index (χ4v) is 12.3. The number of hydrogen-bond donors (Lipinski definition) is 2. The van der Waals surface area contributed by atoms with E-state index in [2.05, 4.69) is 118 Å². The van der Waals surface area contributed by atoms with Gasteiger partial charge in [-0.3, -0.25) is 14.5 Å². The van der Waals surface area contributed by atoms with Crippen molar-refractivity contribution in [2.24, 2.45) is 5.92 Å². The van der Waals surface area contributed by atoms with Crippen molar-refractivity contribution in [3.63, 3.8) is 0 Å². The van der Waals surface area contributed by atoms with E-state index in [4.69, 9.17) is 24.2 Å². The Morgan fingerprint density at radius 2 is 1.39 bits per heavy atom. The van der Waals surface area contributed by atoms with Crippen LogP contribution in [-0.4, -0.2) is 127 Å². The van der Waals surface area contributed by atoms with Crippen LogP contribution in [0.1, 0.15) is 31.4 Å². The van der Waals surface area contributed by atoms with Crippen LogP contribution in [0.4, 0.5) is 17.1 Å². The molecule has 4 aliphatic rings. The van der Waals surface area contributed by atoms with Crippen LogP contribution in [0.3, 0.4) is 0 Å². The van der Waals surface area contributed by atoms with Gasteiger partial charge in [0.15, 0.2) is 0 Å². The molecule has 8 heterocycles. The number of aromatic nitrogens is 4. The van der Waals surface area contributed by atoms with Crippen LogP contribution in [0.25, 0.3) is 66.8 Å². The lowest BCUT2D eigenvalue weighted by Crippen LogP contribution is -2.44. The predicted molar refractivity (Wildman–Crippen MR) is 307 cm³/mol. The quantitative estimate of drug-likeness (QED) is 0.0956. The largest absolute Gasteiger partial charge is 0.496 e. The number of fused-ring (bicyclic) bond motifs is 4. The number of amides is 2. The third-order valence-electron chi connectivity index (χ3n) is 16.1. The number of piperazine rings is 1. The molecule has 4 aromatic carbocycles. The molecule has 12 rings (SSSR count). The van der Waals surface area contributed by atoms with Gasteiger partial charge in [0.1, 0.15) is 35.1 Å². The maximum atomic E-state index is 14.1. The number of rotatable bonds is 15. The zero-order valence-electron chi connectivity index (χ0n) is 44.4. The molecule has 14 nitrogen and oxygen atoms in total. The summed E-state index contributed by atoms with van der Waals surface area (Å²) in [4.78, 5) is 54.9. The molecule has 4 aliphatic heterocycles. The number of nitrogens with zero attached hydrogens (tertiary/aromatic N) is 7. The Balaban J connectivity index is 0.776. The van der Waals surface area contributed by atoms with Gasteiger partial charge in [0.2, 0.25) is 5.91 Å². The van der Waals surface area contributed by atoms with E-state index in [1.54, 1.807) is 24.4 Å². The zero-order valence-corrected chi connectivity index (χ0v) is 44.4. The maximum absolute atomic E-state index is 14.1. The fraction of sp³-hybridized carbons (Fsp3) is 0.302. The second kappa shape index (κ2) is 20.7. The van der Waals surface area contributed by atoms with E-state index >= 15 is 0 Å². The number of anilines is 3. The molecule has 2 fully saturated rings. The van der Waals surface area contributed by atoms with Gasteiger partial charge in [0, 0.05) is 98.0 Å². The lowest BCUT2D eigenvalue weighted by molar-refractivity contribution is -0.115. The molecule has 0 saturated carbocycles. The summed E-state index contributed by atoms with van der Waals surface area (Å²) < 4.78 is 18.9. The standard InChI is InChI=1S/C63H65N9O5/c1-7-54(73)71-27-23-40-12-14-43(36-49(40)71)56-58-52(75-6)20-24-64-62(58)67-61(56)45-10-9-11-48(34-45)76-33-32-69-26-22-46(38-69)51-35-42-13-15-44(37-50(42)72(51)55(74)8-2)57-59-53(77-39(3)4)21-25-65-63(59)66-60(57)41-16-18-47(19-17-41)70-30-28-68(5)29-31-70/h7-21,24-25,34,36-37,39,46,51H,1-2,22-23,26-33,35,38H2,3-6H3,(H,64,67)(H,65,66). The van der Waals surface area contributed by atoms with Crippen molar-refractivity contribution in [3.05, 3.63) is 146 Å². The summed E-state index contributed by atoms with van der Waals surface area (Å²) >= 11 is 0. The van der Waals surface area contributed by atoms with Crippen LogP contribution in [0.2, 0.25) is 0 Å². The van der Waals surface area contributed by atoms with Crippen LogP contribution in [-0.2, 0) is 22.4 Å². The number of pyridine rings is 2. The maximum Gasteiger partial charge on any atom is 0.250 e. The minimum absolute atomic E-state index is 0.0192. The molecule has 392 valence electrons. The number of aromatic amines is 2. The van der Waals surface area contributed by atoms with E-state index in [1.165, 1.54) is 17.8 Å². The molecular formula is C63H65N9O5. The Morgan fingerprint density at radius 3 is 2.09 bits per heavy atom. The van der Waals surface area contributed by atoms with Gasteiger partial charge in [0.25, 0.3) is 5.91 Å². The highest BCUT2D eigenvalue weighted by molar-refractivity contribution is 6.09. The van der Waals surface area contributed by atoms with Gasteiger partial charge in [-0.25, -0.2) is 9.97 Å². The van der Waals surface area contributed by atoms with Crippen LogP contribution >= 0.6 is 0 Å². The Bertz CT molecular complexity index is 3570. The van der Waals surface area contributed by atoms with Gasteiger partial charge in [0.05, 0.1) is 35.4 Å². The smallest absolute Gasteiger partial charge is 0.250 e. The number of carbonyl (C=O) groups is 2. The first-order valence-electron chi connectivity index (χ1n) is 26.9. The lowest BCUT2D eigenvalue weighted by atomic mass is 9.94. The van der Waals surface area contributed by atoms with Gasteiger partial charge in [-0.05, 0) is 141 Å². The molecule has 0 bridgehead atoms. The average Bonchev–Trinajstić information content (AvgIpc) is 4.47. The molecule has 2 amide bonds. The van der Waals surface area contributed by atoms with Crippen LogP contribution in [0, 0.1) is 5.92 Å². The summed E-state index contributed by atoms with van der Waals surface area (Å²) in [6.07, 6.45) is 8.84. The molecule has 0 radical (unpaired) electrons. The number of likely N-dealkylation sites (N-methyl/N-ethyl adjacent to an activating group) is 1. The third kappa shape index (κ3) is 9.29. The highest BCUT2D eigenvalue weighted by Crippen LogP contribution is 2.48. The Morgan fingerprint density at radius 1 is 0.727 bits per heavy atom. The number of methoxy groups -OCH3 is 1. The number of hydrogen-bond acceptors (Lipinski definition) is 10. The predicted octanol–water partition coefficient (Wildman–Crippen LogP) is 10.6. The van der Waals surface area contributed by atoms with Crippen LogP contribution in [0.15, 0.2) is 135 Å². The molecule has 2 atom stereocenters. The Kier molecular flexibility index (Phi) is 13.4. The molecule has 2 unspecified atom stereocenters. The first kappa shape index (κ1) is 49.7. The van der Waals surface area contributed by atoms with Crippen molar-refractivity contribution in [1.29, 1.82) is 0 Å². The summed E-state index contributed by atoms with van der Waals surface area (Å²) in [5, 5.41) is 1.78. The Hall–Kier alpha value is -8.20. The van der Waals surface area contributed by atoms with Crippen molar-refractivity contribution in [2.75, 3.05) is 87.8 Å². The SMILES string of the molecule is C=CC(=O)N1CCc2ccc(-c3c(-c4cccc(OCCN5CCC(C6Cc7ccc(-c8c(-c9ccc(N%10CCN(C)CC%10)cc9)[nH]c9nccc(OC(C)C)c89)cc7N6C(=O)C=C)C5)c4)[nH]c4nccc(OC)c34)cc21. The van der Waals surface area contributed by atoms with E-state index in [1.807, 2.05) is 43.0 Å². The monoisotopic (exact) mass is 1030 g/mol. The molecule has 14 heteroatoms. The second-order valence-corrected chi connectivity index (χ2v) is 21.1. The first-order valence-corrected chi connectivity index (χ1v) is 26.9. The van der Waals surface area contributed by atoms with E-state index < -0.39 is 0 Å². The minimum Gasteiger partial charge on any atom is -0.496 e. The molecule has 8 aromatic rings. The van der Waals surface area contributed by atoms with E-state index in [0.717, 1.165) is 160 Å². The third-order valence-corrected chi connectivity index (χ3v) is 16.1. The molecule has 2 N–H and O–H groups in total. The van der Waals surface area contributed by atoms with Crippen LogP contribution in [0.5, 0.6) is 17.2 Å². The number of carbonyl (C=O) groups excluding carboxylic acids is 2. The number of benzene rings is 4. The Labute approximate surface area is 449 Å². The summed E-state index contributed by atoms with van der Waals surface area (Å²) in [6.45, 7) is 19.5. The molecule has 0 spiro atoms.